The highest BCUT2D eigenvalue weighted by Gasteiger charge is 2.48. The van der Waals surface area contributed by atoms with Crippen LogP contribution < -0.4 is 5.32 Å². The summed E-state index contributed by atoms with van der Waals surface area (Å²) in [7, 11) is 0. The van der Waals surface area contributed by atoms with Gasteiger partial charge in [0, 0.05) is 29.2 Å². The van der Waals surface area contributed by atoms with Crippen molar-refractivity contribution in [3.05, 3.63) is 30.5 Å². The van der Waals surface area contributed by atoms with Crippen LogP contribution in [0.4, 0.5) is 18.9 Å². The monoisotopic (exact) mass is 342 g/mol. The van der Waals surface area contributed by atoms with E-state index in [2.05, 4.69) is 5.32 Å². The van der Waals surface area contributed by atoms with Crippen LogP contribution in [0.5, 0.6) is 0 Å². The molecule has 5 nitrogen and oxygen atoms in total. The van der Waals surface area contributed by atoms with Crippen LogP contribution >= 0.6 is 0 Å². The third-order valence-corrected chi connectivity index (χ3v) is 3.73. The number of carboxylic acids is 1. The third-order valence-electron chi connectivity index (χ3n) is 3.73. The number of amides is 1. The number of carbonyl (C=O) groups excluding carboxylic acids is 1. The van der Waals surface area contributed by atoms with Crippen molar-refractivity contribution in [2.75, 3.05) is 5.32 Å². The third kappa shape index (κ3) is 3.87. The zero-order valence-electron chi connectivity index (χ0n) is 13.1. The smallest absolute Gasteiger partial charge is 0.394 e. The summed E-state index contributed by atoms with van der Waals surface area (Å²) < 4.78 is 40.0. The summed E-state index contributed by atoms with van der Waals surface area (Å²) in [6.07, 6.45) is -3.56. The zero-order chi connectivity index (χ0) is 18.1. The van der Waals surface area contributed by atoms with Crippen LogP contribution in [0.25, 0.3) is 10.9 Å². The van der Waals surface area contributed by atoms with Gasteiger partial charge in [-0.2, -0.15) is 13.2 Å². The van der Waals surface area contributed by atoms with E-state index in [0.29, 0.717) is 16.6 Å². The van der Waals surface area contributed by atoms with Gasteiger partial charge in [0.05, 0.1) is 5.41 Å². The Labute approximate surface area is 136 Å². The molecule has 0 spiro atoms. The molecule has 2 rings (SSSR count). The van der Waals surface area contributed by atoms with Crippen LogP contribution in [0.2, 0.25) is 0 Å². The molecule has 0 fully saturated rings. The molecule has 0 radical (unpaired) electrons. The van der Waals surface area contributed by atoms with E-state index < -0.39 is 29.9 Å². The number of nitrogens with one attached hydrogen (secondary N) is 1. The first-order valence-electron chi connectivity index (χ1n) is 7.17. The molecule has 130 valence electrons. The van der Waals surface area contributed by atoms with Crippen LogP contribution in [0, 0.1) is 5.41 Å². The number of halogens is 3. The second-order valence-electron chi connectivity index (χ2n) is 6.22. The Hall–Kier alpha value is -2.51. The molecule has 2 aromatic rings. The fraction of sp³-hybridized carbons (Fsp3) is 0.375. The Kier molecular flexibility index (Phi) is 4.59. The number of aliphatic carboxylic acids is 1. The number of fused-ring (bicyclic) bond motifs is 1. The number of anilines is 1. The van der Waals surface area contributed by atoms with Gasteiger partial charge in [-0.05, 0) is 24.3 Å². The molecule has 1 aromatic carbocycles. The number of aromatic nitrogens is 1. The van der Waals surface area contributed by atoms with Gasteiger partial charge < -0.3 is 15.0 Å². The summed E-state index contributed by atoms with van der Waals surface area (Å²) in [5.41, 5.74) is -1.10. The number of nitrogens with zero attached hydrogens (tertiary/aromatic N) is 1. The average molecular weight is 342 g/mol. The fourth-order valence-corrected chi connectivity index (χ4v) is 2.27. The van der Waals surface area contributed by atoms with Gasteiger partial charge in [-0.25, -0.2) is 0 Å². The average Bonchev–Trinajstić information content (AvgIpc) is 2.78. The summed E-state index contributed by atoms with van der Waals surface area (Å²) in [4.78, 5) is 22.6. The zero-order valence-corrected chi connectivity index (χ0v) is 13.1. The van der Waals surface area contributed by atoms with Crippen molar-refractivity contribution in [2.45, 2.75) is 33.0 Å². The number of carbonyl (C=O) groups is 2. The molecule has 8 heteroatoms. The highest BCUT2D eigenvalue weighted by Crippen LogP contribution is 2.40. The lowest BCUT2D eigenvalue weighted by molar-refractivity contribution is -0.213. The van der Waals surface area contributed by atoms with Gasteiger partial charge in [0.15, 0.2) is 0 Å². The van der Waals surface area contributed by atoms with E-state index in [-0.39, 0.29) is 6.54 Å². The lowest BCUT2D eigenvalue weighted by Gasteiger charge is -2.26. The first-order chi connectivity index (χ1) is 11.0. The number of carboxylic acid groups (broad SMARTS) is 1. The van der Waals surface area contributed by atoms with Crippen molar-refractivity contribution in [3.63, 3.8) is 0 Å². The van der Waals surface area contributed by atoms with E-state index in [4.69, 9.17) is 5.11 Å². The molecule has 0 aliphatic rings. The molecule has 1 amide bonds. The second-order valence-corrected chi connectivity index (χ2v) is 6.22. The number of benzene rings is 1. The normalized spacial score (nSPS) is 12.4. The van der Waals surface area contributed by atoms with Gasteiger partial charge in [0.25, 0.3) is 0 Å². The molecule has 0 bridgehead atoms. The highest BCUT2D eigenvalue weighted by molar-refractivity contribution is 5.94. The second kappa shape index (κ2) is 6.18. The van der Waals surface area contributed by atoms with Crippen LogP contribution in [-0.4, -0.2) is 27.7 Å². The van der Waals surface area contributed by atoms with Gasteiger partial charge in [-0.15, -0.1) is 0 Å². The van der Waals surface area contributed by atoms with E-state index >= 15 is 0 Å². The molecule has 1 aromatic heterocycles. The fourth-order valence-electron chi connectivity index (χ4n) is 2.27. The van der Waals surface area contributed by atoms with Gasteiger partial charge in [0.1, 0.15) is 6.54 Å². The van der Waals surface area contributed by atoms with Crippen molar-refractivity contribution in [1.29, 1.82) is 0 Å². The number of hydrogen-bond donors (Lipinski definition) is 2. The molecule has 0 saturated heterocycles. The van der Waals surface area contributed by atoms with E-state index in [1.54, 1.807) is 24.4 Å². The molecule has 0 aliphatic heterocycles. The number of rotatable bonds is 5. The Bertz CT molecular complexity index is 778. The Morgan fingerprint density at radius 3 is 2.46 bits per heavy atom. The van der Waals surface area contributed by atoms with Crippen molar-refractivity contribution in [3.8, 4) is 0 Å². The summed E-state index contributed by atoms with van der Waals surface area (Å²) >= 11 is 0. The van der Waals surface area contributed by atoms with Gasteiger partial charge >= 0.3 is 12.1 Å². The summed E-state index contributed by atoms with van der Waals surface area (Å²) in [5, 5.41) is 12.0. The molecular weight excluding hydrogens is 325 g/mol. The van der Waals surface area contributed by atoms with Gasteiger partial charge in [-0.1, -0.05) is 13.8 Å². The van der Waals surface area contributed by atoms with Gasteiger partial charge in [-0.3, -0.25) is 9.59 Å². The Balaban J connectivity index is 2.13. The van der Waals surface area contributed by atoms with Crippen molar-refractivity contribution < 1.29 is 27.9 Å². The topological polar surface area (TPSA) is 71.3 Å². The van der Waals surface area contributed by atoms with E-state index in [0.717, 1.165) is 13.8 Å². The highest BCUT2D eigenvalue weighted by atomic mass is 19.4. The summed E-state index contributed by atoms with van der Waals surface area (Å²) in [5.74, 6) is -1.72. The number of hydrogen-bond acceptors (Lipinski definition) is 2. The quantitative estimate of drug-likeness (QED) is 0.871. The maximum Gasteiger partial charge on any atom is 0.394 e. The van der Waals surface area contributed by atoms with Crippen LogP contribution in [0.3, 0.4) is 0 Å². The summed E-state index contributed by atoms with van der Waals surface area (Å²) in [6.45, 7) is 1.75. The maximum absolute atomic E-state index is 12.8. The molecule has 0 saturated carbocycles. The van der Waals surface area contributed by atoms with Crippen molar-refractivity contribution >= 4 is 28.5 Å². The SMILES string of the molecule is CC(C)(CC(=O)Nc1ccc2c(ccn2CC(=O)O)c1)C(F)(F)F. The van der Waals surface area contributed by atoms with Crippen LogP contribution in [0.15, 0.2) is 30.5 Å². The van der Waals surface area contributed by atoms with E-state index in [1.807, 2.05) is 0 Å². The Morgan fingerprint density at radius 1 is 1.21 bits per heavy atom. The first-order valence-corrected chi connectivity index (χ1v) is 7.17. The molecular formula is C16H17F3N2O3. The van der Waals surface area contributed by atoms with Gasteiger partial charge in [0.2, 0.25) is 5.91 Å². The number of alkyl halides is 3. The lowest BCUT2D eigenvalue weighted by Crippen LogP contribution is -2.35. The van der Waals surface area contributed by atoms with Crippen molar-refractivity contribution in [2.24, 2.45) is 5.41 Å². The molecule has 0 unspecified atom stereocenters. The van der Waals surface area contributed by atoms with E-state index in [9.17, 15) is 22.8 Å². The predicted molar refractivity (Wildman–Crippen MR) is 82.7 cm³/mol. The molecule has 1 heterocycles. The minimum atomic E-state index is -4.47. The lowest BCUT2D eigenvalue weighted by atomic mass is 9.88. The van der Waals surface area contributed by atoms with E-state index in [1.165, 1.54) is 10.6 Å². The van der Waals surface area contributed by atoms with Crippen molar-refractivity contribution in [1.82, 2.24) is 4.57 Å². The largest absolute Gasteiger partial charge is 0.480 e. The van der Waals surface area contributed by atoms with Crippen LogP contribution in [-0.2, 0) is 16.1 Å². The molecule has 0 aliphatic carbocycles. The Morgan fingerprint density at radius 2 is 1.88 bits per heavy atom. The molecule has 0 atom stereocenters. The maximum atomic E-state index is 12.8. The summed E-state index contributed by atoms with van der Waals surface area (Å²) in [6, 6.07) is 6.40. The standard InChI is InChI=1S/C16H17F3N2O3/c1-15(2,16(17,18)19)8-13(22)20-11-3-4-12-10(7-11)5-6-21(12)9-14(23)24/h3-7H,8-9H2,1-2H3,(H,20,22)(H,23,24). The molecule has 2 N–H and O–H groups in total. The minimum absolute atomic E-state index is 0.199. The minimum Gasteiger partial charge on any atom is -0.480 e. The first kappa shape index (κ1) is 17.8. The predicted octanol–water partition coefficient (Wildman–Crippen LogP) is 3.64. The van der Waals surface area contributed by atoms with Crippen LogP contribution in [0.1, 0.15) is 20.3 Å². The molecule has 24 heavy (non-hydrogen) atoms.